The molecule has 0 bridgehead atoms. The molecule has 0 heterocycles. The van der Waals surface area contributed by atoms with Crippen LogP contribution >= 0.6 is 27.5 Å². The van der Waals surface area contributed by atoms with Gasteiger partial charge in [0, 0.05) is 16.9 Å². The van der Waals surface area contributed by atoms with Gasteiger partial charge in [-0.3, -0.25) is 4.79 Å². The summed E-state index contributed by atoms with van der Waals surface area (Å²) in [5, 5.41) is 3.03. The molecule has 0 aliphatic heterocycles. The number of hydrogen-bond acceptors (Lipinski definition) is 2. The van der Waals surface area contributed by atoms with Crippen LogP contribution in [0.25, 0.3) is 0 Å². The normalized spacial score (nSPS) is 12.4. The van der Waals surface area contributed by atoms with Crippen LogP contribution in [0.15, 0.2) is 28.9 Å². The molecule has 0 radical (unpaired) electrons. The lowest BCUT2D eigenvalue weighted by Gasteiger charge is -2.06. The molecular formula is C11H8BrClF3NO. The monoisotopic (exact) mass is 341 g/mol. The van der Waals surface area contributed by atoms with Gasteiger partial charge in [-0.25, -0.2) is 0 Å². The van der Waals surface area contributed by atoms with Gasteiger partial charge in [-0.15, -0.1) is 0 Å². The van der Waals surface area contributed by atoms with E-state index >= 15 is 0 Å². The molecule has 0 unspecified atom stereocenters. The van der Waals surface area contributed by atoms with E-state index in [2.05, 4.69) is 21.2 Å². The second-order valence-electron chi connectivity index (χ2n) is 3.43. The van der Waals surface area contributed by atoms with Gasteiger partial charge in [0.1, 0.15) is 0 Å². The third-order valence-corrected chi connectivity index (χ3v) is 3.01. The lowest BCUT2D eigenvalue weighted by molar-refractivity contribution is -0.165. The summed E-state index contributed by atoms with van der Waals surface area (Å²) in [5.74, 6) is -1.95. The molecule has 98 valence electrons. The number of carbonyl (C=O) groups excluding carboxylic acids is 1. The number of nitrogens with one attached hydrogen (secondary N) is 1. The van der Waals surface area contributed by atoms with Crippen molar-refractivity contribution in [1.29, 1.82) is 0 Å². The summed E-state index contributed by atoms with van der Waals surface area (Å²) in [6.07, 6.45) is -3.97. The molecule has 0 aromatic heterocycles. The van der Waals surface area contributed by atoms with E-state index in [1.54, 1.807) is 25.1 Å². The zero-order valence-corrected chi connectivity index (χ0v) is 11.4. The van der Waals surface area contributed by atoms with Gasteiger partial charge in [0.15, 0.2) is 0 Å². The maximum absolute atomic E-state index is 12.1. The fraction of sp³-hybridized carbons (Fsp3) is 0.182. The van der Waals surface area contributed by atoms with Crippen LogP contribution in [-0.2, 0) is 4.79 Å². The van der Waals surface area contributed by atoms with Gasteiger partial charge in [0.2, 0.25) is 0 Å². The van der Waals surface area contributed by atoms with Gasteiger partial charge >= 0.3 is 6.18 Å². The number of Topliss-reactive ketones (excluding diaryl/α,β-unsaturated/α-hetero) is 1. The molecule has 0 atom stereocenters. The van der Waals surface area contributed by atoms with E-state index in [-0.39, 0.29) is 0 Å². The van der Waals surface area contributed by atoms with Crippen LogP contribution in [0.1, 0.15) is 5.56 Å². The van der Waals surface area contributed by atoms with Crippen LogP contribution in [0.4, 0.5) is 18.9 Å². The average Bonchev–Trinajstić information content (AvgIpc) is 2.28. The van der Waals surface area contributed by atoms with E-state index in [1.807, 2.05) is 0 Å². The van der Waals surface area contributed by atoms with Crippen molar-refractivity contribution in [3.05, 3.63) is 39.5 Å². The first-order valence-corrected chi connectivity index (χ1v) is 5.89. The summed E-state index contributed by atoms with van der Waals surface area (Å²) in [6, 6.07) is 4.89. The van der Waals surface area contributed by atoms with Gasteiger partial charge in [-0.05, 0) is 40.5 Å². The van der Waals surface area contributed by atoms with Crippen molar-refractivity contribution in [1.82, 2.24) is 0 Å². The van der Waals surface area contributed by atoms with Crippen LogP contribution in [0.2, 0.25) is 5.02 Å². The van der Waals surface area contributed by atoms with Crippen LogP contribution in [0.3, 0.4) is 0 Å². The summed E-state index contributed by atoms with van der Waals surface area (Å²) in [6.45, 7) is 1.80. The van der Waals surface area contributed by atoms with E-state index in [0.29, 0.717) is 10.7 Å². The molecule has 0 saturated carbocycles. The lowest BCUT2D eigenvalue weighted by atomic mass is 10.2. The first-order chi connectivity index (χ1) is 8.21. The summed E-state index contributed by atoms with van der Waals surface area (Å²) in [7, 11) is 0. The quantitative estimate of drug-likeness (QED) is 0.824. The second kappa shape index (κ2) is 5.75. The lowest BCUT2D eigenvalue weighted by Crippen LogP contribution is -2.22. The molecule has 18 heavy (non-hydrogen) atoms. The van der Waals surface area contributed by atoms with Crippen molar-refractivity contribution >= 4 is 39.0 Å². The number of alkyl halides is 3. The zero-order valence-electron chi connectivity index (χ0n) is 9.11. The summed E-state index contributed by atoms with van der Waals surface area (Å²) in [5.41, 5.74) is 1.33. The Hall–Kier alpha value is -1.01. The molecule has 1 aromatic carbocycles. The first kappa shape index (κ1) is 15.0. The summed E-state index contributed by atoms with van der Waals surface area (Å²) in [4.78, 5) is 10.8. The van der Waals surface area contributed by atoms with Gasteiger partial charge in [0.05, 0.1) is 4.48 Å². The predicted octanol–water partition coefficient (Wildman–Crippen LogP) is 4.43. The Balaban J connectivity index is 2.80. The fourth-order valence-corrected chi connectivity index (χ4v) is 1.55. The number of rotatable bonds is 3. The molecule has 1 aromatic rings. The minimum atomic E-state index is -4.90. The fourth-order valence-electron chi connectivity index (χ4n) is 1.03. The second-order valence-corrected chi connectivity index (χ2v) is 4.69. The number of aryl methyl sites for hydroxylation is 1. The third kappa shape index (κ3) is 4.03. The van der Waals surface area contributed by atoms with Gasteiger partial charge < -0.3 is 5.32 Å². The molecular weight excluding hydrogens is 334 g/mol. The Morgan fingerprint density at radius 3 is 2.56 bits per heavy atom. The third-order valence-electron chi connectivity index (χ3n) is 2.01. The van der Waals surface area contributed by atoms with Crippen molar-refractivity contribution in [3.8, 4) is 0 Å². The first-order valence-electron chi connectivity index (χ1n) is 4.71. The summed E-state index contributed by atoms with van der Waals surface area (Å²) < 4.78 is 35.6. The highest BCUT2D eigenvalue weighted by Crippen LogP contribution is 2.24. The number of allylic oxidation sites excluding steroid dienone is 1. The Labute approximate surface area is 115 Å². The molecule has 0 aliphatic rings. The highest BCUT2D eigenvalue weighted by molar-refractivity contribution is 9.12. The minimum Gasteiger partial charge on any atom is -0.360 e. The number of halogens is 5. The van der Waals surface area contributed by atoms with Gasteiger partial charge in [-0.2, -0.15) is 13.2 Å². The Morgan fingerprint density at radius 1 is 1.44 bits per heavy atom. The smallest absolute Gasteiger partial charge is 0.360 e. The molecule has 7 heteroatoms. The molecule has 1 N–H and O–H groups in total. The number of benzene rings is 1. The van der Waals surface area contributed by atoms with Crippen LogP contribution in [0.5, 0.6) is 0 Å². The Morgan fingerprint density at radius 2 is 2.06 bits per heavy atom. The van der Waals surface area contributed by atoms with Gasteiger partial charge in [0.25, 0.3) is 5.78 Å². The summed E-state index contributed by atoms with van der Waals surface area (Å²) >= 11 is 8.41. The maximum Gasteiger partial charge on any atom is 0.455 e. The highest BCUT2D eigenvalue weighted by Gasteiger charge is 2.39. The highest BCUT2D eigenvalue weighted by atomic mass is 79.9. The number of carbonyl (C=O) groups is 1. The van der Waals surface area contributed by atoms with E-state index in [9.17, 15) is 18.0 Å². The van der Waals surface area contributed by atoms with Crippen LogP contribution in [0, 0.1) is 6.92 Å². The Kier molecular flexibility index (Phi) is 4.81. The average molecular weight is 343 g/mol. The predicted molar refractivity (Wildman–Crippen MR) is 67.9 cm³/mol. The molecule has 1 rings (SSSR count). The molecule has 0 amide bonds. The zero-order chi connectivity index (χ0) is 13.9. The minimum absolute atomic E-state index is 0.478. The number of hydrogen-bond donors (Lipinski definition) is 1. The van der Waals surface area contributed by atoms with Crippen molar-refractivity contribution in [2.75, 3.05) is 5.32 Å². The van der Waals surface area contributed by atoms with E-state index < -0.39 is 16.4 Å². The van der Waals surface area contributed by atoms with Crippen LogP contribution < -0.4 is 5.32 Å². The molecule has 0 saturated heterocycles. The largest absolute Gasteiger partial charge is 0.455 e. The maximum atomic E-state index is 12.1. The van der Waals surface area contributed by atoms with E-state index in [1.165, 1.54) is 0 Å². The topological polar surface area (TPSA) is 29.1 Å². The van der Waals surface area contributed by atoms with Crippen molar-refractivity contribution in [2.45, 2.75) is 13.1 Å². The van der Waals surface area contributed by atoms with E-state index in [0.717, 1.165) is 11.8 Å². The molecule has 0 fully saturated rings. The van der Waals surface area contributed by atoms with Crippen molar-refractivity contribution < 1.29 is 18.0 Å². The van der Waals surface area contributed by atoms with Crippen LogP contribution in [-0.4, -0.2) is 12.0 Å². The number of anilines is 1. The Bertz CT molecular complexity index is 500. The van der Waals surface area contributed by atoms with Crippen molar-refractivity contribution in [3.63, 3.8) is 0 Å². The SMILES string of the molecule is Cc1ccc(N/C=C(/Br)C(=O)C(F)(F)F)cc1Cl. The number of ketones is 1. The standard InChI is InChI=1S/C11H8BrClF3NO/c1-6-2-3-7(4-9(6)13)17-5-8(12)10(18)11(14,15)16/h2-5,17H,1H3/b8-5+. The van der Waals surface area contributed by atoms with Gasteiger partial charge in [-0.1, -0.05) is 17.7 Å². The molecule has 0 spiro atoms. The van der Waals surface area contributed by atoms with E-state index in [4.69, 9.17) is 11.6 Å². The molecule has 0 aliphatic carbocycles. The van der Waals surface area contributed by atoms with Crippen molar-refractivity contribution in [2.24, 2.45) is 0 Å². The molecule has 2 nitrogen and oxygen atoms in total.